The fourth-order valence-corrected chi connectivity index (χ4v) is 3.77. The Morgan fingerprint density at radius 1 is 1.50 bits per heavy atom. The second-order valence-corrected chi connectivity index (χ2v) is 7.14. The zero-order valence-corrected chi connectivity index (χ0v) is 13.0. The summed E-state index contributed by atoms with van der Waals surface area (Å²) in [5.74, 6) is -1.28. The van der Waals surface area contributed by atoms with Crippen LogP contribution in [0.3, 0.4) is 0 Å². The van der Waals surface area contributed by atoms with Crippen molar-refractivity contribution in [3.63, 3.8) is 0 Å². The molecule has 2 atom stereocenters. The smallest absolute Gasteiger partial charge is 0.322 e. The predicted molar refractivity (Wildman–Crippen MR) is 80.3 cm³/mol. The second kappa shape index (κ2) is 5.65. The minimum absolute atomic E-state index is 0.221. The van der Waals surface area contributed by atoms with Gasteiger partial charge in [0.2, 0.25) is 0 Å². The van der Waals surface area contributed by atoms with Crippen molar-refractivity contribution in [2.75, 3.05) is 7.11 Å². The number of benzene rings is 1. The number of phenols is 1. The van der Waals surface area contributed by atoms with E-state index in [2.05, 4.69) is 5.32 Å². The van der Waals surface area contributed by atoms with E-state index in [1.54, 1.807) is 13.8 Å². The van der Waals surface area contributed by atoms with E-state index in [0.29, 0.717) is 0 Å². The predicted octanol–water partition coefficient (Wildman–Crippen LogP) is 1.88. The molecule has 8 nitrogen and oxygen atoms in total. The van der Waals surface area contributed by atoms with Gasteiger partial charge in [0.15, 0.2) is 5.75 Å². The quantitative estimate of drug-likeness (QED) is 0.565. The Labute approximate surface area is 130 Å². The lowest BCUT2D eigenvalue weighted by atomic mass is 10.0. The minimum Gasteiger partial charge on any atom is -0.502 e. The molecule has 1 heterocycles. The maximum absolute atomic E-state index is 11.3. The van der Waals surface area contributed by atoms with Crippen LogP contribution in [0.4, 0.5) is 5.69 Å². The van der Waals surface area contributed by atoms with Gasteiger partial charge in [0.25, 0.3) is 0 Å². The lowest BCUT2D eigenvalue weighted by molar-refractivity contribution is -0.386. The Kier molecular flexibility index (Phi) is 4.21. The lowest BCUT2D eigenvalue weighted by Gasteiger charge is -2.20. The zero-order valence-electron chi connectivity index (χ0n) is 12.2. The molecule has 3 N–H and O–H groups in total. The Morgan fingerprint density at radius 3 is 2.59 bits per heavy atom. The van der Waals surface area contributed by atoms with Crippen LogP contribution in [-0.2, 0) is 4.79 Å². The molecule has 0 aliphatic carbocycles. The zero-order chi connectivity index (χ0) is 16.7. The minimum atomic E-state index is -1.02. The van der Waals surface area contributed by atoms with Crippen LogP contribution in [0.2, 0.25) is 0 Å². The first kappa shape index (κ1) is 16.4. The van der Waals surface area contributed by atoms with Gasteiger partial charge >= 0.3 is 11.7 Å². The maximum atomic E-state index is 11.3. The van der Waals surface area contributed by atoms with Crippen molar-refractivity contribution in [1.29, 1.82) is 0 Å². The number of rotatable bonds is 4. The molecular weight excluding hydrogens is 312 g/mol. The third-order valence-corrected chi connectivity index (χ3v) is 4.96. The van der Waals surface area contributed by atoms with Crippen LogP contribution in [0.1, 0.15) is 24.8 Å². The molecule has 1 fully saturated rings. The van der Waals surface area contributed by atoms with E-state index in [9.17, 15) is 25.1 Å². The number of nitrogens with zero attached hydrogens (tertiary/aromatic N) is 1. The maximum Gasteiger partial charge on any atom is 0.322 e. The number of aromatic hydroxyl groups is 1. The van der Waals surface area contributed by atoms with Gasteiger partial charge in [0.1, 0.15) is 11.8 Å². The number of nitro benzene ring substituents is 1. The first-order valence-corrected chi connectivity index (χ1v) is 7.27. The van der Waals surface area contributed by atoms with Gasteiger partial charge in [0.05, 0.1) is 23.5 Å². The van der Waals surface area contributed by atoms with Gasteiger partial charge in [-0.05, 0) is 19.9 Å². The van der Waals surface area contributed by atoms with Gasteiger partial charge in [0, 0.05) is 10.3 Å². The molecule has 1 aliphatic heterocycles. The number of hydrogen-bond donors (Lipinski definition) is 3. The van der Waals surface area contributed by atoms with Gasteiger partial charge in [-0.1, -0.05) is 0 Å². The summed E-state index contributed by atoms with van der Waals surface area (Å²) in [4.78, 5) is 21.6. The van der Waals surface area contributed by atoms with Crippen molar-refractivity contribution in [2.24, 2.45) is 0 Å². The third-order valence-electron chi connectivity index (χ3n) is 3.49. The molecule has 2 rings (SSSR count). The number of phenolic OH excluding ortho intramolecular Hbond substituents is 1. The standard InChI is InChI=1S/C13H16N2O6S/c1-13(2)10(12(17)18)14-11(22-13)7-4-6(21-3)5-8(9(7)16)15(19)20/h4-5,10-11,14,16H,1-3H3,(H,17,18). The molecule has 0 spiro atoms. The number of hydrogen-bond acceptors (Lipinski definition) is 7. The third kappa shape index (κ3) is 2.81. The van der Waals surface area contributed by atoms with E-state index in [-0.39, 0.29) is 11.3 Å². The van der Waals surface area contributed by atoms with Crippen molar-refractivity contribution >= 4 is 23.4 Å². The number of methoxy groups -OCH3 is 1. The highest BCUT2D eigenvalue weighted by Crippen LogP contribution is 2.50. The van der Waals surface area contributed by atoms with E-state index in [4.69, 9.17) is 4.74 Å². The van der Waals surface area contributed by atoms with E-state index < -0.39 is 38.5 Å². The molecule has 2 unspecified atom stereocenters. The first-order valence-electron chi connectivity index (χ1n) is 6.39. The second-order valence-electron chi connectivity index (χ2n) is 5.38. The van der Waals surface area contributed by atoms with Gasteiger partial charge in [-0.2, -0.15) is 0 Å². The molecule has 1 saturated heterocycles. The van der Waals surface area contributed by atoms with Crippen molar-refractivity contribution in [2.45, 2.75) is 30.0 Å². The molecule has 0 radical (unpaired) electrons. The molecule has 0 bridgehead atoms. The molecule has 120 valence electrons. The summed E-state index contributed by atoms with van der Waals surface area (Å²) in [5.41, 5.74) is -0.249. The number of carbonyl (C=O) groups is 1. The Hall–Kier alpha value is -2.00. The summed E-state index contributed by atoms with van der Waals surface area (Å²) < 4.78 is 4.38. The Balaban J connectivity index is 2.47. The highest BCUT2D eigenvalue weighted by atomic mass is 32.2. The van der Waals surface area contributed by atoms with Crippen LogP contribution in [0.5, 0.6) is 11.5 Å². The summed E-state index contributed by atoms with van der Waals surface area (Å²) in [6, 6.07) is 1.75. The number of nitrogens with one attached hydrogen (secondary N) is 1. The first-order chi connectivity index (χ1) is 10.2. The van der Waals surface area contributed by atoms with E-state index in [1.807, 2.05) is 0 Å². The molecule has 22 heavy (non-hydrogen) atoms. The van der Waals surface area contributed by atoms with Crippen LogP contribution in [0.15, 0.2) is 12.1 Å². The average molecular weight is 328 g/mol. The number of carboxylic acids is 1. The van der Waals surface area contributed by atoms with Crippen LogP contribution in [-0.4, -0.2) is 39.0 Å². The van der Waals surface area contributed by atoms with E-state index >= 15 is 0 Å². The number of carboxylic acid groups (broad SMARTS) is 1. The number of nitro groups is 1. The number of aliphatic carboxylic acids is 1. The molecule has 1 aliphatic rings. The van der Waals surface area contributed by atoms with Crippen molar-refractivity contribution in [1.82, 2.24) is 5.32 Å². The fraction of sp³-hybridized carbons (Fsp3) is 0.462. The van der Waals surface area contributed by atoms with Gasteiger partial charge in [-0.25, -0.2) is 0 Å². The molecule has 0 saturated carbocycles. The SMILES string of the molecule is COc1cc(C2NC(C(=O)O)C(C)(C)S2)c(O)c([N+](=O)[O-])c1. The number of ether oxygens (including phenoxy) is 1. The summed E-state index contributed by atoms with van der Waals surface area (Å²) >= 11 is 1.28. The molecular formula is C13H16N2O6S. The monoisotopic (exact) mass is 328 g/mol. The van der Waals surface area contributed by atoms with Gasteiger partial charge in [-0.3, -0.25) is 20.2 Å². The normalized spacial score (nSPS) is 23.2. The molecule has 1 aromatic rings. The summed E-state index contributed by atoms with van der Waals surface area (Å²) in [5, 5.41) is 32.7. The largest absolute Gasteiger partial charge is 0.502 e. The Bertz CT molecular complexity index is 633. The van der Waals surface area contributed by atoms with Crippen LogP contribution in [0, 0.1) is 10.1 Å². The Morgan fingerprint density at radius 2 is 2.14 bits per heavy atom. The van der Waals surface area contributed by atoms with Crippen LogP contribution < -0.4 is 10.1 Å². The van der Waals surface area contributed by atoms with E-state index in [1.165, 1.54) is 24.9 Å². The molecule has 0 aromatic heterocycles. The summed E-state index contributed by atoms with van der Waals surface area (Å²) in [6.45, 7) is 3.52. The van der Waals surface area contributed by atoms with Gasteiger partial charge in [-0.15, -0.1) is 11.8 Å². The molecule has 9 heteroatoms. The van der Waals surface area contributed by atoms with Crippen LogP contribution >= 0.6 is 11.8 Å². The highest BCUT2D eigenvalue weighted by Gasteiger charge is 2.46. The van der Waals surface area contributed by atoms with Crippen LogP contribution in [0.25, 0.3) is 0 Å². The molecule has 1 aromatic carbocycles. The summed E-state index contributed by atoms with van der Waals surface area (Å²) in [6.07, 6.45) is 0. The summed E-state index contributed by atoms with van der Waals surface area (Å²) in [7, 11) is 1.36. The van der Waals surface area contributed by atoms with Crippen molar-refractivity contribution in [3.05, 3.63) is 27.8 Å². The van der Waals surface area contributed by atoms with Crippen molar-refractivity contribution in [3.8, 4) is 11.5 Å². The fourth-order valence-electron chi connectivity index (χ4n) is 2.35. The topological polar surface area (TPSA) is 122 Å². The highest BCUT2D eigenvalue weighted by molar-refractivity contribution is 8.01. The average Bonchev–Trinajstić information content (AvgIpc) is 2.74. The van der Waals surface area contributed by atoms with E-state index in [0.717, 1.165) is 6.07 Å². The number of thioether (sulfide) groups is 1. The van der Waals surface area contributed by atoms with Crippen molar-refractivity contribution < 1.29 is 24.7 Å². The van der Waals surface area contributed by atoms with Gasteiger partial charge < -0.3 is 14.9 Å². The lowest BCUT2D eigenvalue weighted by Crippen LogP contribution is -2.43. The molecule has 0 amide bonds.